The number of nitrogens with zero attached hydrogens (tertiary/aromatic N) is 2. The van der Waals surface area contributed by atoms with Crippen LogP contribution in [0.15, 0.2) is 78.0 Å². The van der Waals surface area contributed by atoms with Crippen molar-refractivity contribution in [1.29, 1.82) is 0 Å². The van der Waals surface area contributed by atoms with Crippen LogP contribution in [0.25, 0.3) is 33.3 Å². The summed E-state index contributed by atoms with van der Waals surface area (Å²) in [5.41, 5.74) is 5.39. The maximum absolute atomic E-state index is 12.5. The first-order chi connectivity index (χ1) is 14.7. The Hall–Kier alpha value is -2.70. The van der Waals surface area contributed by atoms with Gasteiger partial charge in [-0.25, -0.2) is 13.4 Å². The van der Waals surface area contributed by atoms with Gasteiger partial charge >= 0.3 is 0 Å². The van der Waals surface area contributed by atoms with E-state index in [0.717, 1.165) is 43.9 Å². The smallest absolute Gasteiger partial charge is 0.156 e. The molecule has 158 valence electrons. The zero-order valence-corrected chi connectivity index (χ0v) is 19.6. The molecule has 0 bridgehead atoms. The van der Waals surface area contributed by atoms with Gasteiger partial charge in [-0.05, 0) is 67.6 Å². The number of hydrogen-bond acceptors (Lipinski definition) is 5. The minimum atomic E-state index is -3.31. The average molecular weight is 449 g/mol. The molecule has 4 aromatic rings. The molecule has 2 heterocycles. The maximum atomic E-state index is 12.5. The second-order valence-corrected chi connectivity index (χ2v) is 11.4. The first-order valence-electron chi connectivity index (χ1n) is 9.91. The third-order valence-corrected chi connectivity index (χ3v) is 8.46. The zero-order valence-electron chi connectivity index (χ0n) is 18.0. The van der Waals surface area contributed by atoms with Gasteiger partial charge < -0.3 is 0 Å². The molecule has 4 nitrogen and oxygen atoms in total. The van der Waals surface area contributed by atoms with Gasteiger partial charge in [0.15, 0.2) is 9.84 Å². The number of hydrogen-bond donors (Lipinski definition) is 0. The number of thioether (sulfide) groups is 1. The van der Waals surface area contributed by atoms with E-state index in [2.05, 4.69) is 11.1 Å². The number of aromatic nitrogens is 2. The average Bonchev–Trinajstić information content (AvgIpc) is 2.77. The molecule has 31 heavy (non-hydrogen) atoms. The van der Waals surface area contributed by atoms with Crippen LogP contribution in [-0.4, -0.2) is 30.9 Å². The van der Waals surface area contributed by atoms with Crippen LogP contribution in [-0.2, 0) is 14.6 Å². The molecule has 6 heteroatoms. The van der Waals surface area contributed by atoms with Gasteiger partial charge in [0.2, 0.25) is 0 Å². The normalized spacial score (nSPS) is 12.3. The summed E-state index contributed by atoms with van der Waals surface area (Å²) in [5, 5.41) is 1.88. The Bertz CT molecular complexity index is 1380. The number of pyridine rings is 2. The Morgan fingerprint density at radius 2 is 1.65 bits per heavy atom. The molecule has 0 saturated heterocycles. The lowest BCUT2D eigenvalue weighted by molar-refractivity contribution is 0.561. The molecule has 4 rings (SSSR count). The Morgan fingerprint density at radius 1 is 0.903 bits per heavy atom. The molecular weight excluding hydrogens is 424 g/mol. The number of benzene rings is 2. The van der Waals surface area contributed by atoms with Crippen molar-refractivity contribution < 1.29 is 8.42 Å². The van der Waals surface area contributed by atoms with E-state index < -0.39 is 14.6 Å². The summed E-state index contributed by atoms with van der Waals surface area (Å²) in [5.74, 6) is 0. The summed E-state index contributed by atoms with van der Waals surface area (Å²) in [6.07, 6.45) is 5.06. The van der Waals surface area contributed by atoms with Crippen molar-refractivity contribution in [3.05, 3.63) is 78.5 Å². The Balaban J connectivity index is 1.94. The second kappa shape index (κ2) is 8.09. The molecule has 0 saturated carbocycles. The van der Waals surface area contributed by atoms with Gasteiger partial charge in [-0.1, -0.05) is 30.3 Å². The van der Waals surface area contributed by atoms with Gasteiger partial charge in [-0.3, -0.25) is 4.98 Å². The maximum Gasteiger partial charge on any atom is 0.156 e. The second-order valence-electron chi connectivity index (χ2n) is 8.03. The van der Waals surface area contributed by atoms with Crippen LogP contribution in [0.5, 0.6) is 0 Å². The van der Waals surface area contributed by atoms with Gasteiger partial charge in [-0.15, -0.1) is 11.8 Å². The molecule has 0 aliphatic carbocycles. The minimum Gasteiger partial charge on any atom is -0.256 e. The molecule has 0 atom stereocenters. The summed E-state index contributed by atoms with van der Waals surface area (Å²) >= 11 is 1.61. The number of fused-ring (bicyclic) bond motifs is 1. The fourth-order valence-corrected chi connectivity index (χ4v) is 4.46. The standard InChI is InChI=1S/C25H24N2O2S2/c1-25(2,31(4,28)29)20-15-19-10-7-13-26-24(19)21(16-20)17-8-5-9-18(14-17)22-11-6-12-23(27-22)30-3/h5-16H,1-4H3. The summed E-state index contributed by atoms with van der Waals surface area (Å²) in [6, 6.07) is 21.9. The predicted octanol–water partition coefficient (Wildman–Crippen LogP) is 5.97. The monoisotopic (exact) mass is 448 g/mol. The number of rotatable bonds is 5. The van der Waals surface area contributed by atoms with E-state index in [0.29, 0.717) is 0 Å². The van der Waals surface area contributed by atoms with E-state index in [1.165, 1.54) is 6.26 Å². The number of sulfone groups is 1. The van der Waals surface area contributed by atoms with Gasteiger partial charge in [0, 0.05) is 29.0 Å². The van der Waals surface area contributed by atoms with Gasteiger partial charge in [0.1, 0.15) is 0 Å². The van der Waals surface area contributed by atoms with E-state index in [9.17, 15) is 8.42 Å². The van der Waals surface area contributed by atoms with Crippen LogP contribution in [0.2, 0.25) is 0 Å². The zero-order chi connectivity index (χ0) is 22.2. The molecule has 0 aliphatic heterocycles. The van der Waals surface area contributed by atoms with E-state index in [1.54, 1.807) is 31.8 Å². The molecule has 2 aromatic heterocycles. The van der Waals surface area contributed by atoms with Crippen LogP contribution in [0.4, 0.5) is 0 Å². The Kier molecular flexibility index (Phi) is 5.62. The summed E-state index contributed by atoms with van der Waals surface area (Å²) in [4.78, 5) is 9.32. The largest absolute Gasteiger partial charge is 0.256 e. The predicted molar refractivity (Wildman–Crippen MR) is 130 cm³/mol. The van der Waals surface area contributed by atoms with Gasteiger partial charge in [-0.2, -0.15) is 0 Å². The molecule has 0 N–H and O–H groups in total. The van der Waals surface area contributed by atoms with E-state index in [4.69, 9.17) is 4.98 Å². The Morgan fingerprint density at radius 3 is 2.39 bits per heavy atom. The van der Waals surface area contributed by atoms with Crippen LogP contribution in [0, 0.1) is 0 Å². The first-order valence-corrected chi connectivity index (χ1v) is 13.0. The van der Waals surface area contributed by atoms with Crippen LogP contribution >= 0.6 is 11.8 Å². The molecule has 0 aliphatic rings. The van der Waals surface area contributed by atoms with Crippen molar-refractivity contribution in [2.24, 2.45) is 0 Å². The van der Waals surface area contributed by atoms with E-state index >= 15 is 0 Å². The fourth-order valence-electron chi connectivity index (χ4n) is 3.51. The fraction of sp³-hybridized carbons (Fsp3) is 0.200. The van der Waals surface area contributed by atoms with Crippen molar-refractivity contribution in [2.45, 2.75) is 23.6 Å². The molecule has 2 aromatic carbocycles. The third kappa shape index (κ3) is 4.10. The highest BCUT2D eigenvalue weighted by Gasteiger charge is 2.33. The van der Waals surface area contributed by atoms with E-state index in [1.807, 2.05) is 66.9 Å². The minimum absolute atomic E-state index is 0.749. The third-order valence-electron chi connectivity index (χ3n) is 5.73. The van der Waals surface area contributed by atoms with Crippen molar-refractivity contribution in [2.75, 3.05) is 12.5 Å². The molecule has 0 fully saturated rings. The molecule has 0 radical (unpaired) electrons. The van der Waals surface area contributed by atoms with Gasteiger partial charge in [0.05, 0.1) is 21.0 Å². The highest BCUT2D eigenvalue weighted by Crippen LogP contribution is 2.37. The highest BCUT2D eigenvalue weighted by atomic mass is 32.2. The Labute approximate surface area is 187 Å². The SMILES string of the molecule is CSc1cccc(-c2cccc(-c3cc(C(C)(C)S(C)(=O)=O)cc4cccnc34)c2)n1. The lowest BCUT2D eigenvalue weighted by Gasteiger charge is -2.24. The van der Waals surface area contributed by atoms with E-state index in [-0.39, 0.29) is 0 Å². The van der Waals surface area contributed by atoms with Crippen molar-refractivity contribution in [1.82, 2.24) is 9.97 Å². The lowest BCUT2D eigenvalue weighted by atomic mass is 9.92. The molecular formula is C25H24N2O2S2. The first kappa shape index (κ1) is 21.5. The van der Waals surface area contributed by atoms with Crippen LogP contribution < -0.4 is 0 Å². The molecule has 0 spiro atoms. The van der Waals surface area contributed by atoms with Crippen molar-refractivity contribution >= 4 is 32.5 Å². The van der Waals surface area contributed by atoms with Crippen LogP contribution in [0.3, 0.4) is 0 Å². The molecule has 0 amide bonds. The van der Waals surface area contributed by atoms with Crippen LogP contribution in [0.1, 0.15) is 19.4 Å². The van der Waals surface area contributed by atoms with Crippen molar-refractivity contribution in [3.8, 4) is 22.4 Å². The summed E-state index contributed by atoms with van der Waals surface area (Å²) in [6.45, 7) is 3.50. The quantitative estimate of drug-likeness (QED) is 0.352. The van der Waals surface area contributed by atoms with Gasteiger partial charge in [0.25, 0.3) is 0 Å². The van der Waals surface area contributed by atoms with Crippen molar-refractivity contribution in [3.63, 3.8) is 0 Å². The molecule has 0 unspecified atom stereocenters. The summed E-state index contributed by atoms with van der Waals surface area (Å²) in [7, 11) is -3.31. The topological polar surface area (TPSA) is 59.9 Å². The lowest BCUT2D eigenvalue weighted by Crippen LogP contribution is -2.28. The summed E-state index contributed by atoms with van der Waals surface area (Å²) < 4.78 is 24.0. The highest BCUT2D eigenvalue weighted by molar-refractivity contribution is 7.98.